The molecule has 0 unspecified atom stereocenters. The molecule has 1 nitrogen and oxygen atoms in total. The van der Waals surface area contributed by atoms with Gasteiger partial charge in [0.2, 0.25) is 0 Å². The zero-order valence-electron chi connectivity index (χ0n) is 7.30. The molecule has 0 saturated carbocycles. The Hall–Kier alpha value is -0.0100. The van der Waals surface area contributed by atoms with E-state index in [4.69, 9.17) is 16.3 Å². The van der Waals surface area contributed by atoms with Crippen LogP contribution >= 0.6 is 11.6 Å². The molecule has 1 aliphatic rings. The van der Waals surface area contributed by atoms with Gasteiger partial charge in [-0.2, -0.15) is 0 Å². The fraction of sp³-hybridized carbons (Fsp3) is 0.778. The third-order valence-electron chi connectivity index (χ3n) is 2.24. The Kier molecular flexibility index (Phi) is 2.61. The SMILES string of the molecule is CO[C@@H]1C=C[C@H](Cl)CC1(C)C. The van der Waals surface area contributed by atoms with Crippen LogP contribution in [0.3, 0.4) is 0 Å². The lowest BCUT2D eigenvalue weighted by molar-refractivity contribution is 0.0334. The lowest BCUT2D eigenvalue weighted by atomic mass is 9.78. The third kappa shape index (κ3) is 1.97. The maximum Gasteiger partial charge on any atom is 0.0804 e. The maximum absolute atomic E-state index is 5.98. The standard InChI is InChI=1S/C9H15ClO/c1-9(2)6-7(10)4-5-8(9)11-3/h4-5,7-8H,6H2,1-3H3/t7-,8+/m0/s1. The van der Waals surface area contributed by atoms with Gasteiger partial charge in [-0.05, 0) is 11.8 Å². The van der Waals surface area contributed by atoms with Crippen LogP contribution < -0.4 is 0 Å². The van der Waals surface area contributed by atoms with Crippen LogP contribution in [-0.4, -0.2) is 18.6 Å². The van der Waals surface area contributed by atoms with Crippen LogP contribution in [-0.2, 0) is 4.74 Å². The molecule has 0 N–H and O–H groups in total. The predicted molar refractivity (Wildman–Crippen MR) is 48.0 cm³/mol. The Bertz CT molecular complexity index is 163. The van der Waals surface area contributed by atoms with Gasteiger partial charge in [0, 0.05) is 7.11 Å². The molecule has 0 aromatic rings. The number of allylic oxidation sites excluding steroid dienone is 1. The molecule has 0 aliphatic heterocycles. The molecule has 0 amide bonds. The van der Waals surface area contributed by atoms with Crippen molar-refractivity contribution in [2.75, 3.05) is 7.11 Å². The van der Waals surface area contributed by atoms with Crippen molar-refractivity contribution in [1.29, 1.82) is 0 Å². The second-order valence-corrected chi connectivity index (χ2v) is 4.31. The maximum atomic E-state index is 5.98. The Morgan fingerprint density at radius 2 is 2.09 bits per heavy atom. The summed E-state index contributed by atoms with van der Waals surface area (Å²) in [7, 11) is 1.74. The molecule has 1 aliphatic carbocycles. The Morgan fingerprint density at radius 3 is 2.55 bits per heavy atom. The third-order valence-corrected chi connectivity index (χ3v) is 2.54. The number of rotatable bonds is 1. The summed E-state index contributed by atoms with van der Waals surface area (Å²) in [6.45, 7) is 4.36. The molecule has 0 fully saturated rings. The summed E-state index contributed by atoms with van der Waals surface area (Å²) < 4.78 is 5.31. The first kappa shape index (κ1) is 9.08. The fourth-order valence-corrected chi connectivity index (χ4v) is 2.05. The van der Waals surface area contributed by atoms with Gasteiger partial charge in [0.1, 0.15) is 0 Å². The van der Waals surface area contributed by atoms with Crippen LogP contribution in [0.4, 0.5) is 0 Å². The molecule has 0 aromatic heterocycles. The Labute approximate surface area is 73.4 Å². The monoisotopic (exact) mass is 174 g/mol. The zero-order valence-corrected chi connectivity index (χ0v) is 8.06. The number of alkyl halides is 1. The summed E-state index contributed by atoms with van der Waals surface area (Å²) in [6.07, 6.45) is 5.28. The minimum Gasteiger partial charge on any atom is -0.377 e. The minimum absolute atomic E-state index is 0.177. The highest BCUT2D eigenvalue weighted by molar-refractivity contribution is 6.21. The van der Waals surface area contributed by atoms with E-state index in [1.165, 1.54) is 0 Å². The predicted octanol–water partition coefficient (Wildman–Crippen LogP) is 2.59. The number of hydrogen-bond acceptors (Lipinski definition) is 1. The van der Waals surface area contributed by atoms with Gasteiger partial charge in [-0.3, -0.25) is 0 Å². The highest BCUT2D eigenvalue weighted by Crippen LogP contribution is 2.35. The molecule has 2 atom stereocenters. The molecule has 0 saturated heterocycles. The molecule has 11 heavy (non-hydrogen) atoms. The van der Waals surface area contributed by atoms with Gasteiger partial charge >= 0.3 is 0 Å². The van der Waals surface area contributed by atoms with Gasteiger partial charge in [0.25, 0.3) is 0 Å². The molecular formula is C9H15ClO. The molecule has 2 heteroatoms. The molecule has 0 spiro atoms. The summed E-state index contributed by atoms with van der Waals surface area (Å²) >= 11 is 5.98. The van der Waals surface area contributed by atoms with Crippen molar-refractivity contribution in [2.24, 2.45) is 5.41 Å². The average molecular weight is 175 g/mol. The van der Waals surface area contributed by atoms with Crippen molar-refractivity contribution in [2.45, 2.75) is 31.7 Å². The summed E-state index contributed by atoms with van der Waals surface area (Å²) in [5, 5.41) is 0.177. The van der Waals surface area contributed by atoms with Crippen LogP contribution in [0.2, 0.25) is 0 Å². The number of hydrogen-bond donors (Lipinski definition) is 0. The van der Waals surface area contributed by atoms with E-state index >= 15 is 0 Å². The van der Waals surface area contributed by atoms with E-state index in [0.29, 0.717) is 0 Å². The summed E-state index contributed by atoms with van der Waals surface area (Å²) in [5.74, 6) is 0. The highest BCUT2D eigenvalue weighted by Gasteiger charge is 2.32. The van der Waals surface area contributed by atoms with Crippen molar-refractivity contribution in [3.8, 4) is 0 Å². The Morgan fingerprint density at radius 1 is 1.45 bits per heavy atom. The fourth-order valence-electron chi connectivity index (χ4n) is 1.57. The van der Waals surface area contributed by atoms with Gasteiger partial charge in [0.05, 0.1) is 11.5 Å². The van der Waals surface area contributed by atoms with Crippen LogP contribution in [0.5, 0.6) is 0 Å². The van der Waals surface area contributed by atoms with Crippen molar-refractivity contribution in [3.63, 3.8) is 0 Å². The summed E-state index contributed by atoms with van der Waals surface area (Å²) in [5.41, 5.74) is 0.177. The Balaban J connectivity index is 2.72. The highest BCUT2D eigenvalue weighted by atomic mass is 35.5. The van der Waals surface area contributed by atoms with E-state index in [0.717, 1.165) is 6.42 Å². The number of ether oxygens (including phenoxy) is 1. The van der Waals surface area contributed by atoms with E-state index in [-0.39, 0.29) is 16.9 Å². The van der Waals surface area contributed by atoms with Crippen molar-refractivity contribution in [1.82, 2.24) is 0 Å². The van der Waals surface area contributed by atoms with E-state index in [1.54, 1.807) is 7.11 Å². The van der Waals surface area contributed by atoms with Crippen LogP contribution in [0, 0.1) is 5.41 Å². The topological polar surface area (TPSA) is 9.23 Å². The first-order valence-corrected chi connectivity index (χ1v) is 4.35. The molecule has 0 aromatic carbocycles. The van der Waals surface area contributed by atoms with Crippen molar-refractivity contribution >= 4 is 11.6 Å². The zero-order chi connectivity index (χ0) is 8.48. The van der Waals surface area contributed by atoms with Crippen LogP contribution in [0.25, 0.3) is 0 Å². The minimum atomic E-state index is 0.177. The largest absolute Gasteiger partial charge is 0.377 e. The number of methoxy groups -OCH3 is 1. The molecular weight excluding hydrogens is 160 g/mol. The summed E-state index contributed by atoms with van der Waals surface area (Å²) in [4.78, 5) is 0. The average Bonchev–Trinajstić information content (AvgIpc) is 1.85. The molecule has 64 valence electrons. The molecule has 0 bridgehead atoms. The van der Waals surface area contributed by atoms with Crippen LogP contribution in [0.1, 0.15) is 20.3 Å². The molecule has 1 rings (SSSR count). The lowest BCUT2D eigenvalue weighted by Crippen LogP contribution is -2.34. The van der Waals surface area contributed by atoms with Crippen molar-refractivity contribution < 1.29 is 4.74 Å². The van der Waals surface area contributed by atoms with Crippen molar-refractivity contribution in [3.05, 3.63) is 12.2 Å². The first-order valence-electron chi connectivity index (χ1n) is 3.91. The summed E-state index contributed by atoms with van der Waals surface area (Å²) in [6, 6.07) is 0. The lowest BCUT2D eigenvalue weighted by Gasteiger charge is -2.35. The second-order valence-electron chi connectivity index (χ2n) is 3.75. The number of halogens is 1. The smallest absolute Gasteiger partial charge is 0.0804 e. The van der Waals surface area contributed by atoms with Crippen LogP contribution in [0.15, 0.2) is 12.2 Å². The van der Waals surface area contributed by atoms with E-state index < -0.39 is 0 Å². The van der Waals surface area contributed by atoms with E-state index in [1.807, 2.05) is 6.08 Å². The molecule has 0 heterocycles. The van der Waals surface area contributed by atoms with Gasteiger partial charge in [-0.25, -0.2) is 0 Å². The van der Waals surface area contributed by atoms with Gasteiger partial charge in [-0.15, -0.1) is 11.6 Å². The quantitative estimate of drug-likeness (QED) is 0.439. The van der Waals surface area contributed by atoms with Gasteiger partial charge in [0.15, 0.2) is 0 Å². The normalized spacial score (nSPS) is 35.6. The second kappa shape index (κ2) is 3.16. The van der Waals surface area contributed by atoms with E-state index in [9.17, 15) is 0 Å². The molecule has 0 radical (unpaired) electrons. The van der Waals surface area contributed by atoms with Gasteiger partial charge < -0.3 is 4.74 Å². The van der Waals surface area contributed by atoms with Gasteiger partial charge in [-0.1, -0.05) is 26.0 Å². The van der Waals surface area contributed by atoms with E-state index in [2.05, 4.69) is 19.9 Å². The first-order chi connectivity index (χ1) is 5.06.